The van der Waals surface area contributed by atoms with Gasteiger partial charge in [0.1, 0.15) is 5.75 Å². The van der Waals surface area contributed by atoms with Gasteiger partial charge in [-0.3, -0.25) is 4.79 Å². The molecule has 4 rings (SSSR count). The summed E-state index contributed by atoms with van der Waals surface area (Å²) in [5.74, 6) is 0.988. The van der Waals surface area contributed by atoms with Crippen LogP contribution in [0.25, 0.3) is 5.69 Å². The lowest BCUT2D eigenvalue weighted by Gasteiger charge is -2.36. The highest BCUT2D eigenvalue weighted by Crippen LogP contribution is 2.29. The molecule has 2 heterocycles. The van der Waals surface area contributed by atoms with Crippen LogP contribution in [-0.2, 0) is 0 Å². The van der Waals surface area contributed by atoms with E-state index in [1.165, 1.54) is 5.56 Å². The Kier molecular flexibility index (Phi) is 5.53. The van der Waals surface area contributed by atoms with E-state index in [4.69, 9.17) is 4.74 Å². The van der Waals surface area contributed by atoms with E-state index in [2.05, 4.69) is 41.5 Å². The van der Waals surface area contributed by atoms with Gasteiger partial charge in [0, 0.05) is 43.3 Å². The van der Waals surface area contributed by atoms with E-state index in [9.17, 15) is 4.79 Å². The highest BCUT2D eigenvalue weighted by molar-refractivity contribution is 5.96. The SMILES string of the molecule is COc1ccccc1N1CCN(C(=O)c2cc(C)n(-c3ccccc3C)c2C)CC1. The van der Waals surface area contributed by atoms with Crippen LogP contribution in [0, 0.1) is 20.8 Å². The van der Waals surface area contributed by atoms with Crippen molar-refractivity contribution in [1.29, 1.82) is 0 Å². The molecule has 156 valence electrons. The average molecular weight is 404 g/mol. The second kappa shape index (κ2) is 8.27. The van der Waals surface area contributed by atoms with E-state index in [0.29, 0.717) is 13.1 Å². The third kappa shape index (κ3) is 3.56. The van der Waals surface area contributed by atoms with Crippen molar-refractivity contribution in [3.8, 4) is 11.4 Å². The second-order valence-corrected chi connectivity index (χ2v) is 7.86. The highest BCUT2D eigenvalue weighted by Gasteiger charge is 2.26. The predicted molar refractivity (Wildman–Crippen MR) is 121 cm³/mol. The number of aryl methyl sites for hydroxylation is 2. The molecule has 0 radical (unpaired) electrons. The van der Waals surface area contributed by atoms with Crippen LogP contribution in [0.3, 0.4) is 0 Å². The zero-order chi connectivity index (χ0) is 21.3. The van der Waals surface area contributed by atoms with Crippen LogP contribution in [0.2, 0.25) is 0 Å². The Hall–Kier alpha value is -3.21. The van der Waals surface area contributed by atoms with Crippen molar-refractivity contribution < 1.29 is 9.53 Å². The molecule has 0 N–H and O–H groups in total. The Morgan fingerprint density at radius 2 is 1.50 bits per heavy atom. The maximum atomic E-state index is 13.3. The molecular weight excluding hydrogens is 374 g/mol. The maximum Gasteiger partial charge on any atom is 0.255 e. The number of methoxy groups -OCH3 is 1. The van der Waals surface area contributed by atoms with Crippen LogP contribution in [0.5, 0.6) is 5.75 Å². The van der Waals surface area contributed by atoms with Crippen LogP contribution in [0.4, 0.5) is 5.69 Å². The van der Waals surface area contributed by atoms with Crippen molar-refractivity contribution in [3.05, 3.63) is 77.1 Å². The van der Waals surface area contributed by atoms with Gasteiger partial charge in [0.15, 0.2) is 0 Å². The summed E-state index contributed by atoms with van der Waals surface area (Å²) in [5, 5.41) is 0. The first-order valence-corrected chi connectivity index (χ1v) is 10.4. The number of benzene rings is 2. The molecule has 5 nitrogen and oxygen atoms in total. The van der Waals surface area contributed by atoms with Gasteiger partial charge in [0.25, 0.3) is 5.91 Å². The lowest BCUT2D eigenvalue weighted by molar-refractivity contribution is 0.0746. The van der Waals surface area contributed by atoms with Crippen LogP contribution in [-0.4, -0.2) is 48.7 Å². The minimum Gasteiger partial charge on any atom is -0.495 e. The van der Waals surface area contributed by atoms with Crippen molar-refractivity contribution in [2.24, 2.45) is 0 Å². The van der Waals surface area contributed by atoms with E-state index >= 15 is 0 Å². The van der Waals surface area contributed by atoms with Gasteiger partial charge in [-0.15, -0.1) is 0 Å². The third-order valence-electron chi connectivity index (χ3n) is 6.01. The molecule has 3 aromatic rings. The van der Waals surface area contributed by atoms with Gasteiger partial charge in [0.05, 0.1) is 18.4 Å². The van der Waals surface area contributed by atoms with E-state index in [1.54, 1.807) is 7.11 Å². The van der Waals surface area contributed by atoms with Gasteiger partial charge in [-0.2, -0.15) is 0 Å². The number of carbonyl (C=O) groups excluding carboxylic acids is 1. The molecule has 1 amide bonds. The Morgan fingerprint density at radius 1 is 0.867 bits per heavy atom. The Balaban J connectivity index is 1.53. The summed E-state index contributed by atoms with van der Waals surface area (Å²) in [6, 6.07) is 18.4. The minimum atomic E-state index is 0.114. The molecule has 2 aromatic carbocycles. The number of amides is 1. The number of para-hydroxylation sites is 3. The maximum absolute atomic E-state index is 13.3. The van der Waals surface area contributed by atoms with Crippen LogP contribution >= 0.6 is 0 Å². The number of hydrogen-bond acceptors (Lipinski definition) is 3. The first kappa shape index (κ1) is 20.1. The zero-order valence-electron chi connectivity index (χ0n) is 18.2. The van der Waals surface area contributed by atoms with E-state index < -0.39 is 0 Å². The fraction of sp³-hybridized carbons (Fsp3) is 0.320. The molecule has 1 aromatic heterocycles. The number of rotatable bonds is 4. The molecule has 1 fully saturated rings. The summed E-state index contributed by atoms with van der Waals surface area (Å²) >= 11 is 0. The topological polar surface area (TPSA) is 37.7 Å². The van der Waals surface area contributed by atoms with Crippen LogP contribution < -0.4 is 9.64 Å². The fourth-order valence-corrected chi connectivity index (χ4v) is 4.38. The molecule has 1 aliphatic rings. The summed E-state index contributed by atoms with van der Waals surface area (Å²) in [5.41, 5.74) is 6.29. The summed E-state index contributed by atoms with van der Waals surface area (Å²) in [4.78, 5) is 17.6. The van der Waals surface area contributed by atoms with Gasteiger partial charge in [-0.25, -0.2) is 0 Å². The number of hydrogen-bond donors (Lipinski definition) is 0. The molecular formula is C25H29N3O2. The Bertz CT molecular complexity index is 1060. The smallest absolute Gasteiger partial charge is 0.255 e. The van der Waals surface area contributed by atoms with E-state index in [1.807, 2.05) is 48.2 Å². The number of ether oxygens (including phenoxy) is 1. The number of carbonyl (C=O) groups is 1. The van der Waals surface area contributed by atoms with Crippen molar-refractivity contribution in [3.63, 3.8) is 0 Å². The normalized spacial score (nSPS) is 14.1. The van der Waals surface area contributed by atoms with Gasteiger partial charge < -0.3 is 19.1 Å². The molecule has 0 bridgehead atoms. The van der Waals surface area contributed by atoms with Crippen LogP contribution in [0.15, 0.2) is 54.6 Å². The Labute approximate surface area is 178 Å². The number of piperazine rings is 1. The molecule has 5 heteroatoms. The molecule has 0 spiro atoms. The van der Waals surface area contributed by atoms with Crippen molar-refractivity contribution >= 4 is 11.6 Å². The number of anilines is 1. The van der Waals surface area contributed by atoms with Crippen molar-refractivity contribution in [2.45, 2.75) is 20.8 Å². The molecule has 0 aliphatic carbocycles. The number of aromatic nitrogens is 1. The summed E-state index contributed by atoms with van der Waals surface area (Å²) in [6.07, 6.45) is 0. The van der Waals surface area contributed by atoms with Gasteiger partial charge in [-0.05, 0) is 50.6 Å². The fourth-order valence-electron chi connectivity index (χ4n) is 4.38. The van der Waals surface area contributed by atoms with Crippen LogP contribution in [0.1, 0.15) is 27.3 Å². The second-order valence-electron chi connectivity index (χ2n) is 7.86. The zero-order valence-corrected chi connectivity index (χ0v) is 18.2. The summed E-state index contributed by atoms with van der Waals surface area (Å²) < 4.78 is 7.69. The van der Waals surface area contributed by atoms with Crippen molar-refractivity contribution in [2.75, 3.05) is 38.2 Å². The molecule has 1 saturated heterocycles. The lowest BCUT2D eigenvalue weighted by atomic mass is 10.1. The first-order valence-electron chi connectivity index (χ1n) is 10.4. The molecule has 0 unspecified atom stereocenters. The van der Waals surface area contributed by atoms with E-state index in [0.717, 1.165) is 47.2 Å². The monoisotopic (exact) mass is 403 g/mol. The lowest BCUT2D eigenvalue weighted by Crippen LogP contribution is -2.49. The molecule has 1 aliphatic heterocycles. The van der Waals surface area contributed by atoms with Gasteiger partial charge >= 0.3 is 0 Å². The largest absolute Gasteiger partial charge is 0.495 e. The minimum absolute atomic E-state index is 0.114. The average Bonchev–Trinajstić information content (AvgIpc) is 3.07. The predicted octanol–water partition coefficient (Wildman–Crippen LogP) is 4.37. The summed E-state index contributed by atoms with van der Waals surface area (Å²) in [6.45, 7) is 9.20. The van der Waals surface area contributed by atoms with Gasteiger partial charge in [0.2, 0.25) is 0 Å². The summed E-state index contributed by atoms with van der Waals surface area (Å²) in [7, 11) is 1.70. The standard InChI is InChI=1S/C25H29N3O2/c1-18-9-5-6-10-22(18)28-19(2)17-21(20(28)3)25(29)27-15-13-26(14-16-27)23-11-7-8-12-24(23)30-4/h5-12,17H,13-16H2,1-4H3. The molecule has 30 heavy (non-hydrogen) atoms. The first-order chi connectivity index (χ1) is 14.5. The van der Waals surface area contributed by atoms with Gasteiger partial charge in [-0.1, -0.05) is 30.3 Å². The number of nitrogens with zero attached hydrogens (tertiary/aromatic N) is 3. The third-order valence-corrected chi connectivity index (χ3v) is 6.01. The molecule has 0 saturated carbocycles. The van der Waals surface area contributed by atoms with E-state index in [-0.39, 0.29) is 5.91 Å². The van der Waals surface area contributed by atoms with Crippen molar-refractivity contribution in [1.82, 2.24) is 9.47 Å². The Morgan fingerprint density at radius 3 is 2.17 bits per heavy atom. The highest BCUT2D eigenvalue weighted by atomic mass is 16.5. The quantitative estimate of drug-likeness (QED) is 0.649. The molecule has 0 atom stereocenters.